The summed E-state index contributed by atoms with van der Waals surface area (Å²) in [7, 11) is 1.61. The van der Waals surface area contributed by atoms with Crippen molar-refractivity contribution in [3.8, 4) is 0 Å². The van der Waals surface area contributed by atoms with Gasteiger partial charge in [0.1, 0.15) is 0 Å². The van der Waals surface area contributed by atoms with Crippen LogP contribution < -0.4 is 0 Å². The molecule has 1 fully saturated rings. The number of rotatable bonds is 4. The molecular formula is C15H19ClO3. The molecule has 0 amide bonds. The summed E-state index contributed by atoms with van der Waals surface area (Å²) < 4.78 is 5.19. The molecule has 0 atom stereocenters. The highest BCUT2D eigenvalue weighted by atomic mass is 35.5. The lowest BCUT2D eigenvalue weighted by Gasteiger charge is -2.35. The Kier molecular flexibility index (Phi) is 4.48. The molecule has 0 aliphatic heterocycles. The fraction of sp³-hybridized carbons (Fsp3) is 0.533. The van der Waals surface area contributed by atoms with Crippen LogP contribution in [0.5, 0.6) is 0 Å². The molecular weight excluding hydrogens is 264 g/mol. The van der Waals surface area contributed by atoms with E-state index in [4.69, 9.17) is 16.3 Å². The van der Waals surface area contributed by atoms with Crippen LogP contribution in [-0.2, 0) is 21.6 Å². The second-order valence-electron chi connectivity index (χ2n) is 5.18. The van der Waals surface area contributed by atoms with Gasteiger partial charge in [-0.05, 0) is 36.1 Å². The van der Waals surface area contributed by atoms with Crippen LogP contribution in [-0.4, -0.2) is 18.2 Å². The van der Waals surface area contributed by atoms with Crippen molar-refractivity contribution >= 4 is 17.6 Å². The summed E-state index contributed by atoms with van der Waals surface area (Å²) in [5, 5.41) is 10.3. The van der Waals surface area contributed by atoms with E-state index in [1.807, 2.05) is 12.1 Å². The first-order valence-corrected chi connectivity index (χ1v) is 6.99. The van der Waals surface area contributed by atoms with Crippen molar-refractivity contribution in [3.05, 3.63) is 34.3 Å². The van der Waals surface area contributed by atoms with Gasteiger partial charge in [0.15, 0.2) is 0 Å². The summed E-state index contributed by atoms with van der Waals surface area (Å²) in [6.45, 7) is 0.394. The molecule has 104 valence electrons. The van der Waals surface area contributed by atoms with Gasteiger partial charge in [0.25, 0.3) is 0 Å². The van der Waals surface area contributed by atoms with Gasteiger partial charge < -0.3 is 9.84 Å². The Balaban J connectivity index is 2.49. The number of aliphatic carboxylic acids is 1. The number of ether oxygens (including phenoxy) is 1. The van der Waals surface area contributed by atoms with E-state index in [-0.39, 0.29) is 0 Å². The molecule has 1 N–H and O–H groups in total. The molecule has 0 radical (unpaired) electrons. The second kappa shape index (κ2) is 5.93. The predicted molar refractivity (Wildman–Crippen MR) is 74.6 cm³/mol. The quantitative estimate of drug-likeness (QED) is 0.914. The summed E-state index contributed by atoms with van der Waals surface area (Å²) >= 11 is 6.01. The van der Waals surface area contributed by atoms with E-state index in [1.54, 1.807) is 13.2 Å². The number of halogens is 1. The van der Waals surface area contributed by atoms with E-state index in [0.717, 1.165) is 30.4 Å². The van der Waals surface area contributed by atoms with E-state index in [2.05, 4.69) is 0 Å². The van der Waals surface area contributed by atoms with Crippen LogP contribution in [0.25, 0.3) is 0 Å². The normalized spacial score (nSPS) is 18.2. The highest BCUT2D eigenvalue weighted by Crippen LogP contribution is 2.42. The highest BCUT2D eigenvalue weighted by Gasteiger charge is 2.42. The molecule has 0 aromatic heterocycles. The third kappa shape index (κ3) is 2.77. The van der Waals surface area contributed by atoms with Crippen molar-refractivity contribution in [2.75, 3.05) is 7.11 Å². The van der Waals surface area contributed by atoms with Gasteiger partial charge in [-0.3, -0.25) is 4.79 Å². The maximum absolute atomic E-state index is 11.8. The summed E-state index contributed by atoms with van der Waals surface area (Å²) in [6.07, 6.45) is 4.42. The second-order valence-corrected chi connectivity index (χ2v) is 5.62. The third-order valence-corrected chi connectivity index (χ3v) is 4.23. The van der Waals surface area contributed by atoms with Crippen molar-refractivity contribution in [2.24, 2.45) is 0 Å². The lowest BCUT2D eigenvalue weighted by Crippen LogP contribution is -2.38. The molecule has 0 saturated heterocycles. The maximum Gasteiger partial charge on any atom is 0.314 e. The Morgan fingerprint density at radius 2 is 2.05 bits per heavy atom. The van der Waals surface area contributed by atoms with Crippen LogP contribution >= 0.6 is 11.6 Å². The number of carbonyl (C=O) groups is 1. The summed E-state index contributed by atoms with van der Waals surface area (Å²) in [6, 6.07) is 5.45. The van der Waals surface area contributed by atoms with Gasteiger partial charge in [0.05, 0.1) is 12.0 Å². The maximum atomic E-state index is 11.8. The fourth-order valence-electron chi connectivity index (χ4n) is 3.06. The van der Waals surface area contributed by atoms with Crippen LogP contribution in [0.2, 0.25) is 5.02 Å². The Morgan fingerprint density at radius 3 is 2.63 bits per heavy atom. The average molecular weight is 283 g/mol. The molecule has 0 bridgehead atoms. The van der Waals surface area contributed by atoms with Gasteiger partial charge in [-0.15, -0.1) is 0 Å². The van der Waals surface area contributed by atoms with Crippen LogP contribution in [0, 0.1) is 0 Å². The Labute approximate surface area is 118 Å². The molecule has 3 nitrogen and oxygen atoms in total. The first-order chi connectivity index (χ1) is 9.10. The molecule has 1 aromatic carbocycles. The number of methoxy groups -OCH3 is 1. The number of carboxylic acid groups (broad SMARTS) is 1. The van der Waals surface area contributed by atoms with Crippen LogP contribution in [0.3, 0.4) is 0 Å². The summed E-state index contributed by atoms with van der Waals surface area (Å²) in [5.74, 6) is -0.730. The minimum absolute atomic E-state index is 0.394. The zero-order valence-corrected chi connectivity index (χ0v) is 11.9. The molecule has 1 aliphatic carbocycles. The number of benzene rings is 1. The minimum Gasteiger partial charge on any atom is -0.481 e. The number of hydrogen-bond acceptors (Lipinski definition) is 2. The monoisotopic (exact) mass is 282 g/mol. The smallest absolute Gasteiger partial charge is 0.314 e. The Bertz CT molecular complexity index is 464. The molecule has 1 aromatic rings. The number of carboxylic acids is 1. The zero-order valence-electron chi connectivity index (χ0n) is 11.1. The van der Waals surface area contributed by atoms with Crippen molar-refractivity contribution in [3.63, 3.8) is 0 Å². The highest BCUT2D eigenvalue weighted by molar-refractivity contribution is 6.30. The van der Waals surface area contributed by atoms with Crippen molar-refractivity contribution < 1.29 is 14.6 Å². The van der Waals surface area contributed by atoms with Gasteiger partial charge in [0.2, 0.25) is 0 Å². The topological polar surface area (TPSA) is 46.5 Å². The third-order valence-electron chi connectivity index (χ3n) is 4.00. The lowest BCUT2D eigenvalue weighted by molar-refractivity contribution is -0.145. The van der Waals surface area contributed by atoms with Crippen molar-refractivity contribution in [2.45, 2.75) is 44.1 Å². The fourth-order valence-corrected chi connectivity index (χ4v) is 3.25. The Hall–Kier alpha value is -1.06. The van der Waals surface area contributed by atoms with E-state index in [9.17, 15) is 9.90 Å². The minimum atomic E-state index is -0.767. The molecule has 2 rings (SSSR count). The lowest BCUT2D eigenvalue weighted by atomic mass is 9.68. The van der Waals surface area contributed by atoms with Crippen molar-refractivity contribution in [1.82, 2.24) is 0 Å². The Morgan fingerprint density at radius 1 is 1.37 bits per heavy atom. The first-order valence-electron chi connectivity index (χ1n) is 6.61. The summed E-state index contributed by atoms with van der Waals surface area (Å²) in [5.41, 5.74) is 0.988. The SMILES string of the molecule is COCc1cc(Cl)ccc1C1(C(=O)O)CCCCC1. The predicted octanol–water partition coefficient (Wildman–Crippen LogP) is 3.77. The molecule has 0 heterocycles. The molecule has 1 aliphatic rings. The first kappa shape index (κ1) is 14.4. The van der Waals surface area contributed by atoms with E-state index in [1.165, 1.54) is 0 Å². The largest absolute Gasteiger partial charge is 0.481 e. The van der Waals surface area contributed by atoms with Gasteiger partial charge in [-0.25, -0.2) is 0 Å². The van der Waals surface area contributed by atoms with Crippen LogP contribution in [0.1, 0.15) is 43.2 Å². The van der Waals surface area contributed by atoms with Crippen LogP contribution in [0.15, 0.2) is 18.2 Å². The van der Waals surface area contributed by atoms with Gasteiger partial charge in [-0.2, -0.15) is 0 Å². The molecule has 1 saturated carbocycles. The number of hydrogen-bond donors (Lipinski definition) is 1. The molecule has 0 unspecified atom stereocenters. The van der Waals surface area contributed by atoms with E-state index >= 15 is 0 Å². The van der Waals surface area contributed by atoms with E-state index < -0.39 is 11.4 Å². The average Bonchev–Trinajstić information content (AvgIpc) is 2.40. The van der Waals surface area contributed by atoms with E-state index in [0.29, 0.717) is 24.5 Å². The zero-order chi connectivity index (χ0) is 13.9. The molecule has 19 heavy (non-hydrogen) atoms. The van der Waals surface area contributed by atoms with Crippen LogP contribution in [0.4, 0.5) is 0 Å². The summed E-state index contributed by atoms with van der Waals surface area (Å²) in [4.78, 5) is 11.8. The molecule has 4 heteroatoms. The van der Waals surface area contributed by atoms with Gasteiger partial charge in [-0.1, -0.05) is 36.9 Å². The van der Waals surface area contributed by atoms with Crippen molar-refractivity contribution in [1.29, 1.82) is 0 Å². The standard InChI is InChI=1S/C15H19ClO3/c1-19-10-11-9-12(16)5-6-13(11)15(14(17)18)7-3-2-4-8-15/h5-6,9H,2-4,7-8,10H2,1H3,(H,17,18). The van der Waals surface area contributed by atoms with Gasteiger partial charge >= 0.3 is 5.97 Å². The molecule has 0 spiro atoms. The van der Waals surface area contributed by atoms with Gasteiger partial charge in [0, 0.05) is 12.1 Å².